The molecule has 0 spiro atoms. The van der Waals surface area contributed by atoms with Gasteiger partial charge in [-0.25, -0.2) is 9.59 Å². The molecule has 0 heterocycles. The predicted molar refractivity (Wildman–Crippen MR) is 86.7 cm³/mol. The van der Waals surface area contributed by atoms with Crippen molar-refractivity contribution < 1.29 is 14.7 Å². The van der Waals surface area contributed by atoms with Crippen molar-refractivity contribution in [3.05, 3.63) is 0 Å². The first-order valence-corrected chi connectivity index (χ1v) is 9.18. The molecule has 3 N–H and O–H groups in total. The molecule has 0 saturated heterocycles. The fraction of sp³-hybridized carbons (Fsp3) is 0.867. The Hall–Kier alpha value is -0.910. The van der Waals surface area contributed by atoms with Crippen molar-refractivity contribution in [2.45, 2.75) is 51.5 Å². The molecule has 0 aromatic rings. The van der Waals surface area contributed by atoms with Gasteiger partial charge in [0, 0.05) is 6.54 Å². The van der Waals surface area contributed by atoms with E-state index in [0.717, 1.165) is 18.1 Å². The summed E-state index contributed by atoms with van der Waals surface area (Å²) in [5, 5.41) is 14.4. The van der Waals surface area contributed by atoms with Crippen LogP contribution in [0.15, 0.2) is 0 Å². The maximum Gasteiger partial charge on any atom is 0.326 e. The molecule has 122 valence electrons. The number of nitrogens with one attached hydrogen (secondary N) is 2. The Morgan fingerprint density at radius 1 is 1.29 bits per heavy atom. The van der Waals surface area contributed by atoms with Crippen LogP contribution in [0.3, 0.4) is 0 Å². The number of rotatable bonds is 8. The van der Waals surface area contributed by atoms with E-state index >= 15 is 0 Å². The molecule has 0 bridgehead atoms. The van der Waals surface area contributed by atoms with Crippen molar-refractivity contribution in [1.82, 2.24) is 10.6 Å². The summed E-state index contributed by atoms with van der Waals surface area (Å²) in [4.78, 5) is 22.8. The summed E-state index contributed by atoms with van der Waals surface area (Å²) in [5.41, 5.74) is 0. The molecule has 1 atom stereocenters. The van der Waals surface area contributed by atoms with Crippen molar-refractivity contribution in [3.63, 3.8) is 0 Å². The first-order valence-electron chi connectivity index (χ1n) is 7.79. The number of carboxylic acid groups (broad SMARTS) is 1. The quantitative estimate of drug-likeness (QED) is 0.643. The first kappa shape index (κ1) is 18.1. The number of aliphatic carboxylic acids is 1. The highest BCUT2D eigenvalue weighted by atomic mass is 32.2. The highest BCUT2D eigenvalue weighted by molar-refractivity contribution is 7.98. The van der Waals surface area contributed by atoms with Crippen LogP contribution in [-0.4, -0.2) is 41.7 Å². The number of hydrogen-bond donors (Lipinski definition) is 3. The second-order valence-electron chi connectivity index (χ2n) is 5.99. The van der Waals surface area contributed by atoms with E-state index in [1.54, 1.807) is 11.8 Å². The van der Waals surface area contributed by atoms with Crippen LogP contribution in [0.4, 0.5) is 4.79 Å². The number of carboxylic acids is 1. The highest BCUT2D eigenvalue weighted by Gasteiger charge is 2.20. The van der Waals surface area contributed by atoms with E-state index < -0.39 is 12.0 Å². The molecule has 1 rings (SSSR count). The second-order valence-corrected chi connectivity index (χ2v) is 6.97. The first-order chi connectivity index (χ1) is 10.0. The fourth-order valence-corrected chi connectivity index (χ4v) is 3.18. The lowest BCUT2D eigenvalue weighted by Gasteiger charge is -2.26. The van der Waals surface area contributed by atoms with E-state index in [1.807, 2.05) is 6.26 Å². The third-order valence-corrected chi connectivity index (χ3v) is 4.83. The molecule has 1 aliphatic rings. The van der Waals surface area contributed by atoms with Crippen LogP contribution in [0.2, 0.25) is 0 Å². The Morgan fingerprint density at radius 2 is 1.95 bits per heavy atom. The molecule has 1 saturated carbocycles. The normalized spacial score (nSPS) is 23.3. The van der Waals surface area contributed by atoms with E-state index in [9.17, 15) is 9.59 Å². The number of carbonyl (C=O) groups is 2. The van der Waals surface area contributed by atoms with Gasteiger partial charge in [0.05, 0.1) is 0 Å². The minimum absolute atomic E-state index is 0.368. The molecule has 21 heavy (non-hydrogen) atoms. The van der Waals surface area contributed by atoms with Crippen molar-refractivity contribution in [2.75, 3.05) is 18.6 Å². The molecule has 0 aliphatic heterocycles. The number of thioether (sulfide) groups is 1. The monoisotopic (exact) mass is 316 g/mol. The Balaban J connectivity index is 2.18. The fourth-order valence-electron chi connectivity index (χ4n) is 2.71. The van der Waals surface area contributed by atoms with E-state index in [4.69, 9.17) is 5.11 Å². The lowest BCUT2D eigenvalue weighted by atomic mass is 9.81. The second kappa shape index (κ2) is 9.92. The van der Waals surface area contributed by atoms with Gasteiger partial charge in [0.15, 0.2) is 0 Å². The van der Waals surface area contributed by atoms with Crippen molar-refractivity contribution >= 4 is 23.8 Å². The molecule has 1 fully saturated rings. The maximum atomic E-state index is 11.7. The molecule has 0 aromatic heterocycles. The summed E-state index contributed by atoms with van der Waals surface area (Å²) in [7, 11) is 0. The number of amides is 2. The standard InChI is InChI=1S/C15H28N2O3S/c1-11-3-5-12(6-4-11)7-9-16-15(20)17-13(14(18)19)8-10-21-2/h11-13H,3-10H2,1-2H3,(H,18,19)(H2,16,17,20)/t11?,12?,13-/m1/s1. The van der Waals surface area contributed by atoms with Gasteiger partial charge in [-0.1, -0.05) is 32.6 Å². The minimum Gasteiger partial charge on any atom is -0.480 e. The van der Waals surface area contributed by atoms with Crippen LogP contribution < -0.4 is 10.6 Å². The SMILES string of the molecule is CSCC[C@@H](NC(=O)NCCC1CCC(C)CC1)C(=O)O. The van der Waals surface area contributed by atoms with Crippen LogP contribution in [0.25, 0.3) is 0 Å². The van der Waals surface area contributed by atoms with Crippen LogP contribution >= 0.6 is 11.8 Å². The Kier molecular flexibility index (Phi) is 8.57. The molecular weight excluding hydrogens is 288 g/mol. The average Bonchev–Trinajstić information content (AvgIpc) is 2.45. The number of urea groups is 1. The van der Waals surface area contributed by atoms with Gasteiger partial charge < -0.3 is 15.7 Å². The molecule has 0 unspecified atom stereocenters. The summed E-state index contributed by atoms with van der Waals surface area (Å²) in [6, 6.07) is -1.17. The van der Waals surface area contributed by atoms with E-state index in [1.165, 1.54) is 25.7 Å². The molecule has 5 nitrogen and oxygen atoms in total. The Bertz CT molecular complexity index is 331. The molecule has 6 heteroatoms. The summed E-state index contributed by atoms with van der Waals surface area (Å²) in [6.07, 6.45) is 8.42. The zero-order valence-electron chi connectivity index (χ0n) is 13.1. The van der Waals surface area contributed by atoms with Crippen LogP contribution in [0, 0.1) is 11.8 Å². The Morgan fingerprint density at radius 3 is 2.52 bits per heavy atom. The van der Waals surface area contributed by atoms with Crippen molar-refractivity contribution in [1.29, 1.82) is 0 Å². The maximum absolute atomic E-state index is 11.7. The summed E-state index contributed by atoms with van der Waals surface area (Å²) in [5.74, 6) is 1.29. The average molecular weight is 316 g/mol. The topological polar surface area (TPSA) is 78.4 Å². The molecule has 2 amide bonds. The van der Waals surface area contributed by atoms with Gasteiger partial charge in [-0.15, -0.1) is 0 Å². The van der Waals surface area contributed by atoms with Crippen molar-refractivity contribution in [2.24, 2.45) is 11.8 Å². The lowest BCUT2D eigenvalue weighted by molar-refractivity contribution is -0.139. The lowest BCUT2D eigenvalue weighted by Crippen LogP contribution is -2.46. The van der Waals surface area contributed by atoms with Gasteiger partial charge in [0.2, 0.25) is 0 Å². The third kappa shape index (κ3) is 7.60. The summed E-state index contributed by atoms with van der Waals surface area (Å²) < 4.78 is 0. The van der Waals surface area contributed by atoms with Gasteiger partial charge in [0.1, 0.15) is 6.04 Å². The van der Waals surface area contributed by atoms with Gasteiger partial charge in [-0.3, -0.25) is 0 Å². The van der Waals surface area contributed by atoms with Crippen molar-refractivity contribution in [3.8, 4) is 0 Å². The molecule has 0 radical (unpaired) electrons. The summed E-state index contributed by atoms with van der Waals surface area (Å²) >= 11 is 1.58. The minimum atomic E-state index is -0.972. The Labute approximate surface area is 131 Å². The molecular formula is C15H28N2O3S. The van der Waals surface area contributed by atoms with Gasteiger partial charge >= 0.3 is 12.0 Å². The zero-order chi connectivity index (χ0) is 15.7. The van der Waals surface area contributed by atoms with Gasteiger partial charge in [0.25, 0.3) is 0 Å². The molecule has 0 aromatic carbocycles. The number of carbonyl (C=O) groups excluding carboxylic acids is 1. The van der Waals surface area contributed by atoms with E-state index in [0.29, 0.717) is 18.9 Å². The van der Waals surface area contributed by atoms with Gasteiger partial charge in [-0.05, 0) is 36.7 Å². The molecule has 1 aliphatic carbocycles. The number of hydrogen-bond acceptors (Lipinski definition) is 3. The third-order valence-electron chi connectivity index (χ3n) is 4.19. The smallest absolute Gasteiger partial charge is 0.326 e. The highest BCUT2D eigenvalue weighted by Crippen LogP contribution is 2.29. The van der Waals surface area contributed by atoms with Crippen LogP contribution in [0.1, 0.15) is 45.4 Å². The van der Waals surface area contributed by atoms with Gasteiger partial charge in [-0.2, -0.15) is 11.8 Å². The summed E-state index contributed by atoms with van der Waals surface area (Å²) in [6.45, 7) is 2.92. The van der Waals surface area contributed by atoms with Crippen LogP contribution in [0.5, 0.6) is 0 Å². The van der Waals surface area contributed by atoms with Crippen LogP contribution in [-0.2, 0) is 4.79 Å². The van der Waals surface area contributed by atoms with E-state index in [2.05, 4.69) is 17.6 Å². The predicted octanol–water partition coefficient (Wildman–Crippen LogP) is 2.71. The van der Waals surface area contributed by atoms with E-state index in [-0.39, 0.29) is 6.03 Å². The zero-order valence-corrected chi connectivity index (χ0v) is 13.9. The largest absolute Gasteiger partial charge is 0.480 e.